The van der Waals surface area contributed by atoms with Gasteiger partial charge in [0.15, 0.2) is 18.2 Å². The van der Waals surface area contributed by atoms with Crippen LogP contribution in [0.15, 0.2) is 22.7 Å². The summed E-state index contributed by atoms with van der Waals surface area (Å²) in [5, 5.41) is 2.85. The Labute approximate surface area is 132 Å². The number of ether oxygens (including phenoxy) is 1. The average molecular weight is 359 g/mol. The van der Waals surface area contributed by atoms with Gasteiger partial charge in [-0.2, -0.15) is 0 Å². The summed E-state index contributed by atoms with van der Waals surface area (Å²) in [6, 6.07) is 4.89. The van der Waals surface area contributed by atoms with E-state index in [4.69, 9.17) is 4.74 Å². The average Bonchev–Trinajstić information content (AvgIpc) is 2.91. The Hall–Kier alpha value is -1.14. The van der Waals surface area contributed by atoms with Gasteiger partial charge in [-0.05, 0) is 44.1 Å². The van der Waals surface area contributed by atoms with Crippen LogP contribution in [0, 0.1) is 5.82 Å². The molecule has 1 unspecified atom stereocenters. The molecule has 1 aliphatic heterocycles. The summed E-state index contributed by atoms with van der Waals surface area (Å²) in [5.74, 6) is -0.616. The number of hydrogen-bond donors (Lipinski definition) is 1. The third kappa shape index (κ3) is 4.68. The van der Waals surface area contributed by atoms with Crippen molar-refractivity contribution in [3.8, 4) is 5.75 Å². The number of halogens is 2. The van der Waals surface area contributed by atoms with Crippen LogP contribution in [-0.4, -0.2) is 43.1 Å². The second-order valence-corrected chi connectivity index (χ2v) is 6.01. The number of amides is 1. The normalized spacial score (nSPS) is 18.7. The molecule has 1 atom stereocenters. The van der Waals surface area contributed by atoms with Crippen LogP contribution in [0.4, 0.5) is 4.39 Å². The fourth-order valence-electron chi connectivity index (χ4n) is 2.56. The summed E-state index contributed by atoms with van der Waals surface area (Å²) in [4.78, 5) is 14.1. The van der Waals surface area contributed by atoms with Crippen LogP contribution in [-0.2, 0) is 4.79 Å². The highest BCUT2D eigenvalue weighted by atomic mass is 79.9. The number of carbonyl (C=O) groups excluding carboxylic acids is 1. The standard InChI is InChI=1S/C15H20BrFN2O2/c1-2-19-7-3-4-12(19)9-18-15(20)10-21-14-6-5-11(16)8-13(14)17/h5-6,8,12H,2-4,7,9-10H2,1H3,(H,18,20). The molecule has 1 aromatic carbocycles. The Morgan fingerprint density at radius 2 is 2.38 bits per heavy atom. The molecule has 21 heavy (non-hydrogen) atoms. The van der Waals surface area contributed by atoms with Crippen molar-refractivity contribution in [2.45, 2.75) is 25.8 Å². The number of carbonyl (C=O) groups is 1. The van der Waals surface area contributed by atoms with Crippen LogP contribution >= 0.6 is 15.9 Å². The van der Waals surface area contributed by atoms with E-state index in [1.807, 2.05) is 0 Å². The van der Waals surface area contributed by atoms with Gasteiger partial charge in [-0.25, -0.2) is 4.39 Å². The summed E-state index contributed by atoms with van der Waals surface area (Å²) in [6.07, 6.45) is 2.28. The highest BCUT2D eigenvalue weighted by Crippen LogP contribution is 2.21. The van der Waals surface area contributed by atoms with Gasteiger partial charge in [0.1, 0.15) is 0 Å². The Morgan fingerprint density at radius 1 is 1.57 bits per heavy atom. The van der Waals surface area contributed by atoms with E-state index in [1.54, 1.807) is 6.07 Å². The molecular formula is C15H20BrFN2O2. The predicted octanol–water partition coefficient (Wildman–Crippen LogP) is 2.57. The number of likely N-dealkylation sites (tertiary alicyclic amines) is 1. The van der Waals surface area contributed by atoms with Gasteiger partial charge in [0, 0.05) is 17.1 Å². The third-order valence-electron chi connectivity index (χ3n) is 3.69. The predicted molar refractivity (Wildman–Crippen MR) is 82.9 cm³/mol. The van der Waals surface area contributed by atoms with E-state index in [2.05, 4.69) is 33.1 Å². The van der Waals surface area contributed by atoms with Crippen LogP contribution in [0.3, 0.4) is 0 Å². The minimum atomic E-state index is -0.481. The van der Waals surface area contributed by atoms with Crippen LogP contribution in [0.25, 0.3) is 0 Å². The molecule has 0 radical (unpaired) electrons. The van der Waals surface area contributed by atoms with Gasteiger partial charge in [-0.15, -0.1) is 0 Å². The quantitative estimate of drug-likeness (QED) is 0.849. The molecule has 1 heterocycles. The smallest absolute Gasteiger partial charge is 0.257 e. The molecule has 0 aliphatic carbocycles. The Bertz CT molecular complexity index is 499. The molecule has 0 saturated carbocycles. The Kier molecular flexibility index (Phi) is 5.99. The summed E-state index contributed by atoms with van der Waals surface area (Å²) in [5.41, 5.74) is 0. The molecule has 0 aromatic heterocycles. The van der Waals surface area contributed by atoms with Gasteiger partial charge in [0.25, 0.3) is 5.91 Å². The minimum Gasteiger partial charge on any atom is -0.481 e. The fourth-order valence-corrected chi connectivity index (χ4v) is 2.89. The second kappa shape index (κ2) is 7.75. The molecule has 6 heteroatoms. The van der Waals surface area contributed by atoms with E-state index >= 15 is 0 Å². The van der Waals surface area contributed by atoms with Crippen molar-refractivity contribution in [2.24, 2.45) is 0 Å². The monoisotopic (exact) mass is 358 g/mol. The minimum absolute atomic E-state index is 0.0874. The van der Waals surface area contributed by atoms with Gasteiger partial charge in [-0.1, -0.05) is 22.9 Å². The summed E-state index contributed by atoms with van der Waals surface area (Å²) < 4.78 is 19.4. The molecule has 1 aromatic rings. The number of likely N-dealkylation sites (N-methyl/N-ethyl adjacent to an activating group) is 1. The van der Waals surface area contributed by atoms with Crippen LogP contribution in [0.1, 0.15) is 19.8 Å². The zero-order valence-electron chi connectivity index (χ0n) is 12.1. The highest BCUT2D eigenvalue weighted by molar-refractivity contribution is 9.10. The molecular weight excluding hydrogens is 339 g/mol. The van der Waals surface area contributed by atoms with Gasteiger partial charge in [0.05, 0.1) is 0 Å². The number of nitrogens with one attached hydrogen (secondary N) is 1. The Balaban J connectivity index is 1.74. The van der Waals surface area contributed by atoms with Gasteiger partial charge in [-0.3, -0.25) is 9.69 Å². The first-order chi connectivity index (χ1) is 10.1. The summed E-state index contributed by atoms with van der Waals surface area (Å²) >= 11 is 3.17. The van der Waals surface area contributed by atoms with E-state index in [1.165, 1.54) is 18.6 Å². The number of rotatable bonds is 6. The first kappa shape index (κ1) is 16.2. The molecule has 4 nitrogen and oxygen atoms in total. The fraction of sp³-hybridized carbons (Fsp3) is 0.533. The number of nitrogens with zero attached hydrogens (tertiary/aromatic N) is 1. The van der Waals surface area contributed by atoms with Crippen molar-refractivity contribution in [3.63, 3.8) is 0 Å². The molecule has 1 fully saturated rings. The largest absolute Gasteiger partial charge is 0.481 e. The van der Waals surface area contributed by atoms with Crippen molar-refractivity contribution in [2.75, 3.05) is 26.2 Å². The van der Waals surface area contributed by atoms with Crippen molar-refractivity contribution < 1.29 is 13.9 Å². The first-order valence-electron chi connectivity index (χ1n) is 7.18. The van der Waals surface area contributed by atoms with E-state index < -0.39 is 5.82 Å². The van der Waals surface area contributed by atoms with Gasteiger partial charge < -0.3 is 10.1 Å². The van der Waals surface area contributed by atoms with E-state index in [-0.39, 0.29) is 18.3 Å². The topological polar surface area (TPSA) is 41.6 Å². The van der Waals surface area contributed by atoms with E-state index in [0.717, 1.165) is 19.5 Å². The van der Waals surface area contributed by atoms with E-state index in [0.29, 0.717) is 17.1 Å². The first-order valence-corrected chi connectivity index (χ1v) is 7.98. The van der Waals surface area contributed by atoms with Gasteiger partial charge in [0.2, 0.25) is 0 Å². The zero-order chi connectivity index (χ0) is 15.2. The van der Waals surface area contributed by atoms with Crippen LogP contribution < -0.4 is 10.1 Å². The van der Waals surface area contributed by atoms with E-state index in [9.17, 15) is 9.18 Å². The second-order valence-electron chi connectivity index (χ2n) is 5.09. The summed E-state index contributed by atoms with van der Waals surface area (Å²) in [6.45, 7) is 4.68. The van der Waals surface area contributed by atoms with Crippen molar-refractivity contribution in [3.05, 3.63) is 28.5 Å². The molecule has 1 N–H and O–H groups in total. The zero-order valence-corrected chi connectivity index (χ0v) is 13.7. The van der Waals surface area contributed by atoms with Crippen LogP contribution in [0.5, 0.6) is 5.75 Å². The Morgan fingerprint density at radius 3 is 3.10 bits per heavy atom. The molecule has 0 bridgehead atoms. The highest BCUT2D eigenvalue weighted by Gasteiger charge is 2.23. The van der Waals surface area contributed by atoms with Crippen molar-refractivity contribution in [1.82, 2.24) is 10.2 Å². The number of hydrogen-bond acceptors (Lipinski definition) is 3. The lowest BCUT2D eigenvalue weighted by molar-refractivity contribution is -0.123. The molecule has 1 amide bonds. The number of benzene rings is 1. The lowest BCUT2D eigenvalue weighted by Gasteiger charge is -2.22. The molecule has 1 aliphatic rings. The maximum atomic E-state index is 13.5. The maximum Gasteiger partial charge on any atom is 0.257 e. The van der Waals surface area contributed by atoms with Crippen LogP contribution in [0.2, 0.25) is 0 Å². The molecule has 2 rings (SSSR count). The van der Waals surface area contributed by atoms with Gasteiger partial charge >= 0.3 is 0 Å². The SMILES string of the molecule is CCN1CCCC1CNC(=O)COc1ccc(Br)cc1F. The lowest BCUT2D eigenvalue weighted by atomic mass is 10.2. The summed E-state index contributed by atoms with van der Waals surface area (Å²) in [7, 11) is 0. The van der Waals surface area contributed by atoms with Crippen molar-refractivity contribution >= 4 is 21.8 Å². The van der Waals surface area contributed by atoms with Crippen molar-refractivity contribution in [1.29, 1.82) is 0 Å². The molecule has 0 spiro atoms. The molecule has 1 saturated heterocycles. The maximum absolute atomic E-state index is 13.5. The third-order valence-corrected chi connectivity index (χ3v) is 4.19. The lowest BCUT2D eigenvalue weighted by Crippen LogP contribution is -2.41. The molecule has 116 valence electrons.